The van der Waals surface area contributed by atoms with Crippen LogP contribution >= 0.6 is 11.8 Å². The Kier molecular flexibility index (Phi) is 7.90. The lowest BCUT2D eigenvalue weighted by molar-refractivity contribution is -0.0703. The first-order valence-electron chi connectivity index (χ1n) is 14.0. The van der Waals surface area contributed by atoms with Gasteiger partial charge in [0.05, 0.1) is 6.20 Å². The van der Waals surface area contributed by atoms with Gasteiger partial charge in [0, 0.05) is 30.9 Å². The molecule has 1 unspecified atom stereocenters. The lowest BCUT2D eigenvalue weighted by atomic mass is 9.48. The van der Waals surface area contributed by atoms with Gasteiger partial charge in [0.2, 0.25) is 5.95 Å². The molecule has 1 amide bonds. The molecule has 2 aromatic rings. The maximum absolute atomic E-state index is 12.5. The van der Waals surface area contributed by atoms with Gasteiger partial charge in [-0.1, -0.05) is 13.0 Å². The van der Waals surface area contributed by atoms with Crippen LogP contribution < -0.4 is 16.0 Å². The highest BCUT2D eigenvalue weighted by Crippen LogP contribution is 2.60. The largest absolute Gasteiger partial charge is 0.444 e. The number of amides is 1. The first-order valence-corrected chi connectivity index (χ1v) is 15.0. The molecule has 39 heavy (non-hydrogen) atoms. The molecule has 0 saturated heterocycles. The van der Waals surface area contributed by atoms with Crippen LogP contribution in [0.15, 0.2) is 29.6 Å². The van der Waals surface area contributed by atoms with Crippen molar-refractivity contribution in [3.63, 3.8) is 0 Å². The van der Waals surface area contributed by atoms with Crippen LogP contribution in [0.3, 0.4) is 0 Å². The number of ether oxygens (including phenoxy) is 1. The van der Waals surface area contributed by atoms with Gasteiger partial charge in [-0.2, -0.15) is 10.2 Å². The third-order valence-electron chi connectivity index (χ3n) is 8.19. The van der Waals surface area contributed by atoms with Crippen LogP contribution in [0.1, 0.15) is 70.9 Å². The molecule has 0 radical (unpaired) electrons. The van der Waals surface area contributed by atoms with E-state index in [0.717, 1.165) is 48.6 Å². The van der Waals surface area contributed by atoms with E-state index < -0.39 is 5.60 Å². The Morgan fingerprint density at radius 2 is 1.97 bits per heavy atom. The molecule has 4 fully saturated rings. The highest BCUT2D eigenvalue weighted by atomic mass is 32.2. The van der Waals surface area contributed by atoms with Crippen molar-refractivity contribution in [3.05, 3.63) is 35.7 Å². The van der Waals surface area contributed by atoms with E-state index in [2.05, 4.69) is 50.0 Å². The number of carbonyl (C=O) groups is 1. The predicted molar refractivity (Wildman–Crippen MR) is 152 cm³/mol. The van der Waals surface area contributed by atoms with Crippen molar-refractivity contribution >= 4 is 29.6 Å². The summed E-state index contributed by atoms with van der Waals surface area (Å²) in [4.78, 5) is 26.1. The minimum absolute atomic E-state index is 0.149. The number of hydrogen-bond donors (Lipinski definition) is 3. The van der Waals surface area contributed by atoms with Crippen LogP contribution in [0.4, 0.5) is 16.6 Å². The predicted octanol–water partition coefficient (Wildman–Crippen LogP) is 5.60. The molecule has 4 aliphatic carbocycles. The first-order chi connectivity index (χ1) is 18.7. The normalized spacial score (nSPS) is 27.1. The molecule has 2 aromatic heterocycles. The number of nitrogens with one attached hydrogen (secondary N) is 3. The van der Waals surface area contributed by atoms with E-state index in [0.29, 0.717) is 41.6 Å². The molecule has 0 aromatic carbocycles. The quantitative estimate of drug-likeness (QED) is 0.343. The van der Waals surface area contributed by atoms with Crippen molar-refractivity contribution in [2.45, 2.75) is 83.0 Å². The number of nitrogens with zero attached hydrogens (tertiary/aromatic N) is 4. The summed E-state index contributed by atoms with van der Waals surface area (Å²) in [6, 6.07) is 6.40. The topological polar surface area (TPSA) is 125 Å². The van der Waals surface area contributed by atoms with E-state index in [9.17, 15) is 10.1 Å². The second-order valence-corrected chi connectivity index (χ2v) is 13.6. The summed E-state index contributed by atoms with van der Waals surface area (Å²) in [5.41, 5.74) is 1.18. The number of rotatable bonds is 9. The van der Waals surface area contributed by atoms with E-state index in [-0.39, 0.29) is 17.6 Å². The summed E-state index contributed by atoms with van der Waals surface area (Å²) in [5, 5.41) is 20.8. The van der Waals surface area contributed by atoms with Gasteiger partial charge in [-0.15, -0.1) is 11.8 Å². The number of thioether (sulfide) groups is 1. The van der Waals surface area contributed by atoms with Crippen LogP contribution in [0.2, 0.25) is 0 Å². The molecule has 4 saturated carbocycles. The number of anilines is 2. The fourth-order valence-electron chi connectivity index (χ4n) is 7.04. The molecule has 4 bridgehead atoms. The van der Waals surface area contributed by atoms with Crippen LogP contribution in [0, 0.1) is 34.5 Å². The lowest BCUT2D eigenvalue weighted by Crippen LogP contribution is -2.60. The van der Waals surface area contributed by atoms with Crippen molar-refractivity contribution in [3.8, 4) is 6.07 Å². The minimum atomic E-state index is -0.500. The number of aromatic nitrogens is 3. The van der Waals surface area contributed by atoms with Crippen LogP contribution in [0.25, 0.3) is 0 Å². The monoisotopic (exact) mass is 549 g/mol. The third kappa shape index (κ3) is 6.40. The second-order valence-electron chi connectivity index (χ2n) is 12.3. The molecule has 10 heteroatoms. The van der Waals surface area contributed by atoms with Crippen molar-refractivity contribution in [1.29, 1.82) is 5.26 Å². The fourth-order valence-corrected chi connectivity index (χ4v) is 7.78. The van der Waals surface area contributed by atoms with Gasteiger partial charge in [-0.3, -0.25) is 0 Å². The first kappa shape index (κ1) is 27.5. The smallest absolute Gasteiger partial charge is 0.407 e. The SMILES string of the molecule is CCSc1ncccc1CNc1ncc(C#N)c(NC[C@]23CC4C[C@H](C2)[C@@H](NC(=O)OC(C)(C)C)[C@@H](C4)C3)n1. The van der Waals surface area contributed by atoms with Gasteiger partial charge < -0.3 is 20.7 Å². The molecule has 9 nitrogen and oxygen atoms in total. The maximum Gasteiger partial charge on any atom is 0.407 e. The summed E-state index contributed by atoms with van der Waals surface area (Å²) in [7, 11) is 0. The third-order valence-corrected chi connectivity index (χ3v) is 9.12. The van der Waals surface area contributed by atoms with E-state index >= 15 is 0 Å². The number of carbonyl (C=O) groups excluding carboxylic acids is 1. The summed E-state index contributed by atoms with van der Waals surface area (Å²) in [6.45, 7) is 9.13. The molecule has 3 N–H and O–H groups in total. The zero-order valence-corrected chi connectivity index (χ0v) is 24.1. The van der Waals surface area contributed by atoms with E-state index in [1.807, 2.05) is 33.0 Å². The average molecular weight is 550 g/mol. The highest BCUT2D eigenvalue weighted by Gasteiger charge is 2.55. The minimum Gasteiger partial charge on any atom is -0.444 e. The van der Waals surface area contributed by atoms with Gasteiger partial charge in [0.25, 0.3) is 0 Å². The molecule has 2 heterocycles. The second kappa shape index (κ2) is 11.2. The molecule has 208 valence electrons. The molecule has 5 atom stereocenters. The standard InChI is InChI=1S/C29H39N7O2S/c1-5-39-25-19(7-6-8-31-25)15-32-26-33-16-22(14-30)24(36-26)34-17-29-11-18-9-20(12-29)23(21(10-18)13-29)35-27(37)38-28(2,3)4/h6-8,16,18,20-21,23H,5,9-13,15,17H2,1-4H3,(H,35,37)(H2,32,33,34,36)/t18?,20-,21+,23-,29-. The van der Waals surface area contributed by atoms with Gasteiger partial charge in [0.1, 0.15) is 28.1 Å². The molecule has 4 aliphatic rings. The zero-order chi connectivity index (χ0) is 27.6. The molecule has 0 spiro atoms. The summed E-state index contributed by atoms with van der Waals surface area (Å²) >= 11 is 1.71. The Bertz CT molecular complexity index is 1220. The summed E-state index contributed by atoms with van der Waals surface area (Å²) in [5.74, 6) is 3.61. The Morgan fingerprint density at radius 3 is 2.67 bits per heavy atom. The fraction of sp³-hybridized carbons (Fsp3) is 0.621. The molecular formula is C29H39N7O2S. The molecule has 0 aliphatic heterocycles. The van der Waals surface area contributed by atoms with E-state index in [4.69, 9.17) is 4.74 Å². The molecule has 6 rings (SSSR count). The Hall–Kier alpha value is -3.06. The number of alkyl carbamates (subject to hydrolysis) is 1. The maximum atomic E-state index is 12.5. The van der Waals surface area contributed by atoms with Crippen LogP contribution in [-0.2, 0) is 11.3 Å². The Balaban J connectivity index is 1.24. The van der Waals surface area contributed by atoms with Crippen LogP contribution in [-0.4, -0.2) is 45.0 Å². The number of nitriles is 1. The van der Waals surface area contributed by atoms with Crippen molar-refractivity contribution in [1.82, 2.24) is 20.3 Å². The van der Waals surface area contributed by atoms with Crippen molar-refractivity contribution in [2.24, 2.45) is 23.2 Å². The number of pyridine rings is 1. The van der Waals surface area contributed by atoms with Crippen molar-refractivity contribution < 1.29 is 9.53 Å². The lowest BCUT2D eigenvalue weighted by Gasteiger charge is -2.60. The van der Waals surface area contributed by atoms with Gasteiger partial charge in [-0.05, 0) is 87.9 Å². The van der Waals surface area contributed by atoms with E-state index in [1.165, 1.54) is 6.42 Å². The Morgan fingerprint density at radius 1 is 1.21 bits per heavy atom. The van der Waals surface area contributed by atoms with E-state index in [1.54, 1.807) is 18.0 Å². The highest BCUT2D eigenvalue weighted by molar-refractivity contribution is 7.99. The zero-order valence-electron chi connectivity index (χ0n) is 23.3. The number of hydrogen-bond acceptors (Lipinski definition) is 9. The summed E-state index contributed by atoms with van der Waals surface area (Å²) < 4.78 is 5.56. The van der Waals surface area contributed by atoms with Gasteiger partial charge in [-0.25, -0.2) is 14.8 Å². The Labute approximate surface area is 235 Å². The van der Waals surface area contributed by atoms with Gasteiger partial charge in [0.15, 0.2) is 0 Å². The van der Waals surface area contributed by atoms with Crippen LogP contribution in [0.5, 0.6) is 0 Å². The summed E-state index contributed by atoms with van der Waals surface area (Å²) in [6.07, 6.45) is 8.72. The van der Waals surface area contributed by atoms with Gasteiger partial charge >= 0.3 is 6.09 Å². The van der Waals surface area contributed by atoms with Crippen molar-refractivity contribution in [2.75, 3.05) is 22.9 Å². The molecular weight excluding hydrogens is 510 g/mol. The average Bonchev–Trinajstić information content (AvgIpc) is 2.88.